The molecule has 1 heterocycles. The Labute approximate surface area is 141 Å². The van der Waals surface area contributed by atoms with E-state index in [1.165, 1.54) is 28.9 Å². The summed E-state index contributed by atoms with van der Waals surface area (Å²) in [5.74, 6) is 0. The van der Waals surface area contributed by atoms with Gasteiger partial charge in [0.1, 0.15) is 0 Å². The van der Waals surface area contributed by atoms with Crippen molar-refractivity contribution in [1.29, 1.82) is 0 Å². The van der Waals surface area contributed by atoms with Gasteiger partial charge in [-0.1, -0.05) is 55.7 Å². The topological polar surface area (TPSA) is 6.48 Å². The van der Waals surface area contributed by atoms with E-state index in [2.05, 4.69) is 86.0 Å². The summed E-state index contributed by atoms with van der Waals surface area (Å²) in [7, 11) is 0. The van der Waals surface area contributed by atoms with Gasteiger partial charge in [0.25, 0.3) is 0 Å². The molecular weight excluding hydrogens is 280 g/mol. The summed E-state index contributed by atoms with van der Waals surface area (Å²) in [6, 6.07) is 17.7. The third kappa shape index (κ3) is 5.02. The van der Waals surface area contributed by atoms with Crippen molar-refractivity contribution in [3.63, 3.8) is 0 Å². The van der Waals surface area contributed by atoms with Crippen LogP contribution in [0.2, 0.25) is 0 Å². The molecule has 0 bridgehead atoms. The van der Waals surface area contributed by atoms with Crippen molar-refractivity contribution < 1.29 is 0 Å². The minimum Gasteiger partial charge on any atom is -0.368 e. The zero-order valence-electron chi connectivity index (χ0n) is 15.0. The Balaban J connectivity index is 0.000000595. The number of anilines is 2. The lowest BCUT2D eigenvalue weighted by Crippen LogP contribution is -2.46. The van der Waals surface area contributed by atoms with Crippen LogP contribution in [-0.4, -0.2) is 26.2 Å². The van der Waals surface area contributed by atoms with Crippen LogP contribution in [0.25, 0.3) is 0 Å². The van der Waals surface area contributed by atoms with E-state index in [-0.39, 0.29) is 0 Å². The molecule has 0 atom stereocenters. The fraction of sp³-hybridized carbons (Fsp3) is 0.429. The molecule has 124 valence electrons. The van der Waals surface area contributed by atoms with Crippen molar-refractivity contribution in [1.82, 2.24) is 0 Å². The molecule has 2 aromatic rings. The normalized spacial score (nSPS) is 14.3. The molecule has 0 amide bonds. The summed E-state index contributed by atoms with van der Waals surface area (Å²) in [6.07, 6.45) is 1.25. The molecule has 2 heteroatoms. The second kappa shape index (κ2) is 8.61. The molecule has 2 aromatic carbocycles. The van der Waals surface area contributed by atoms with E-state index in [1.807, 2.05) is 0 Å². The van der Waals surface area contributed by atoms with Gasteiger partial charge in [-0.25, -0.2) is 0 Å². The van der Waals surface area contributed by atoms with Crippen molar-refractivity contribution >= 4 is 11.4 Å². The third-order valence-corrected chi connectivity index (χ3v) is 4.08. The lowest BCUT2D eigenvalue weighted by Gasteiger charge is -2.37. The molecular formula is C21H30N2. The number of rotatable bonds is 2. The zero-order valence-corrected chi connectivity index (χ0v) is 15.0. The third-order valence-electron chi connectivity index (χ3n) is 4.08. The second-order valence-electron chi connectivity index (χ2n) is 6.35. The summed E-state index contributed by atoms with van der Waals surface area (Å²) in [4.78, 5) is 4.95. The van der Waals surface area contributed by atoms with Crippen LogP contribution in [0.4, 0.5) is 11.4 Å². The maximum absolute atomic E-state index is 2.48. The quantitative estimate of drug-likeness (QED) is 0.766. The van der Waals surface area contributed by atoms with Gasteiger partial charge >= 0.3 is 0 Å². The van der Waals surface area contributed by atoms with Gasteiger partial charge in [-0.2, -0.15) is 0 Å². The smallest absolute Gasteiger partial charge is 0.0367 e. The number of piperazine rings is 1. The average molecular weight is 310 g/mol. The van der Waals surface area contributed by atoms with E-state index < -0.39 is 0 Å². The van der Waals surface area contributed by atoms with Gasteiger partial charge in [0, 0.05) is 37.6 Å². The summed E-state index contributed by atoms with van der Waals surface area (Å²) in [5.41, 5.74) is 5.34. The molecule has 0 unspecified atom stereocenters. The number of benzene rings is 2. The van der Waals surface area contributed by atoms with Crippen molar-refractivity contribution in [2.24, 2.45) is 0 Å². The van der Waals surface area contributed by atoms with E-state index in [1.54, 1.807) is 0 Å². The average Bonchev–Trinajstić information content (AvgIpc) is 2.57. The van der Waals surface area contributed by atoms with Crippen LogP contribution < -0.4 is 9.80 Å². The largest absolute Gasteiger partial charge is 0.368 e. The molecule has 1 fully saturated rings. The second-order valence-corrected chi connectivity index (χ2v) is 6.35. The van der Waals surface area contributed by atoms with Gasteiger partial charge in [-0.05, 0) is 38.1 Å². The van der Waals surface area contributed by atoms with Gasteiger partial charge in [-0.15, -0.1) is 0 Å². The highest BCUT2D eigenvalue weighted by molar-refractivity contribution is 5.52. The van der Waals surface area contributed by atoms with E-state index in [4.69, 9.17) is 0 Å². The molecule has 2 nitrogen and oxygen atoms in total. The molecule has 0 radical (unpaired) electrons. The van der Waals surface area contributed by atoms with Crippen LogP contribution in [0, 0.1) is 13.8 Å². The Bertz CT molecular complexity index is 510. The van der Waals surface area contributed by atoms with Crippen LogP contribution in [-0.2, 0) is 0 Å². The van der Waals surface area contributed by atoms with Crippen LogP contribution >= 0.6 is 0 Å². The number of hydrogen-bond donors (Lipinski definition) is 0. The molecule has 0 N–H and O–H groups in total. The summed E-state index contributed by atoms with van der Waals surface area (Å²) >= 11 is 0. The molecule has 0 aromatic heterocycles. The first-order chi connectivity index (χ1) is 11.1. The molecule has 0 spiro atoms. The fourth-order valence-corrected chi connectivity index (χ4v) is 2.73. The first-order valence-electron chi connectivity index (χ1n) is 8.77. The number of aryl methyl sites for hydroxylation is 2. The van der Waals surface area contributed by atoms with Crippen LogP contribution in [0.5, 0.6) is 0 Å². The Hall–Kier alpha value is -1.96. The maximum Gasteiger partial charge on any atom is 0.0367 e. The predicted octanol–water partition coefficient (Wildman–Crippen LogP) is 5.05. The predicted molar refractivity (Wildman–Crippen MR) is 103 cm³/mol. The first-order valence-corrected chi connectivity index (χ1v) is 8.77. The van der Waals surface area contributed by atoms with Gasteiger partial charge < -0.3 is 9.80 Å². The lowest BCUT2D eigenvalue weighted by molar-refractivity contribution is 0.653. The molecule has 0 saturated carbocycles. The Morgan fingerprint density at radius 3 is 1.13 bits per heavy atom. The van der Waals surface area contributed by atoms with Crippen LogP contribution in [0.1, 0.15) is 31.4 Å². The van der Waals surface area contributed by atoms with Crippen molar-refractivity contribution in [3.8, 4) is 0 Å². The van der Waals surface area contributed by atoms with Crippen molar-refractivity contribution in [2.75, 3.05) is 36.0 Å². The highest BCUT2D eigenvalue weighted by atomic mass is 15.3. The minimum atomic E-state index is 1.09. The summed E-state index contributed by atoms with van der Waals surface area (Å²) in [6.45, 7) is 12.9. The highest BCUT2D eigenvalue weighted by Gasteiger charge is 2.17. The fourth-order valence-electron chi connectivity index (χ4n) is 2.73. The van der Waals surface area contributed by atoms with E-state index in [9.17, 15) is 0 Å². The van der Waals surface area contributed by atoms with Gasteiger partial charge in [0.2, 0.25) is 0 Å². The van der Waals surface area contributed by atoms with Crippen LogP contribution in [0.15, 0.2) is 48.5 Å². The molecule has 1 saturated heterocycles. The van der Waals surface area contributed by atoms with Crippen molar-refractivity contribution in [2.45, 2.75) is 34.1 Å². The summed E-state index contributed by atoms with van der Waals surface area (Å²) < 4.78 is 0. The zero-order chi connectivity index (χ0) is 16.7. The van der Waals surface area contributed by atoms with Crippen LogP contribution in [0.3, 0.4) is 0 Å². The molecule has 0 aliphatic carbocycles. The molecule has 3 rings (SSSR count). The molecule has 23 heavy (non-hydrogen) atoms. The van der Waals surface area contributed by atoms with Gasteiger partial charge in [-0.3, -0.25) is 0 Å². The van der Waals surface area contributed by atoms with E-state index >= 15 is 0 Å². The van der Waals surface area contributed by atoms with E-state index in [0.717, 1.165) is 26.2 Å². The summed E-state index contributed by atoms with van der Waals surface area (Å²) in [5, 5.41) is 0. The standard InChI is InChI=1S/C18H22N2.C3H8/c1-15-3-7-17(8-4-15)19-11-13-20(14-12-19)18-9-5-16(2)6-10-18;1-3-2/h3-10H,11-14H2,1-2H3;3H2,1-2H3. The van der Waals surface area contributed by atoms with E-state index in [0.29, 0.717) is 0 Å². The first kappa shape index (κ1) is 17.4. The molecule has 1 aliphatic rings. The number of hydrogen-bond acceptors (Lipinski definition) is 2. The molecule has 1 aliphatic heterocycles. The maximum atomic E-state index is 2.48. The van der Waals surface area contributed by atoms with Gasteiger partial charge in [0.15, 0.2) is 0 Å². The SMILES string of the molecule is CCC.Cc1ccc(N2CCN(c3ccc(C)cc3)CC2)cc1. The monoisotopic (exact) mass is 310 g/mol. The van der Waals surface area contributed by atoms with Crippen molar-refractivity contribution in [3.05, 3.63) is 59.7 Å². The lowest BCUT2D eigenvalue weighted by atomic mass is 10.1. The number of nitrogens with zero attached hydrogens (tertiary/aromatic N) is 2. The minimum absolute atomic E-state index is 1.09. The Morgan fingerprint density at radius 1 is 0.609 bits per heavy atom. The highest BCUT2D eigenvalue weighted by Crippen LogP contribution is 2.21. The Morgan fingerprint density at radius 2 is 0.870 bits per heavy atom. The van der Waals surface area contributed by atoms with Gasteiger partial charge in [0.05, 0.1) is 0 Å². The Kier molecular flexibility index (Phi) is 6.52.